The number of carbonyl (C=O) groups excluding carboxylic acids is 2. The van der Waals surface area contributed by atoms with Gasteiger partial charge in [0.05, 0.1) is 29.4 Å². The Morgan fingerprint density at radius 1 is 1.13 bits per heavy atom. The maximum atomic E-state index is 12.8. The summed E-state index contributed by atoms with van der Waals surface area (Å²) in [6, 6.07) is 11.7. The van der Waals surface area contributed by atoms with E-state index in [-0.39, 0.29) is 17.6 Å². The fraction of sp³-hybridized carbons (Fsp3) is 0.261. The molecule has 0 aromatic heterocycles. The number of thioether (sulfide) groups is 1. The van der Waals surface area contributed by atoms with Gasteiger partial charge in [0, 0.05) is 6.54 Å². The second-order valence-corrected chi connectivity index (χ2v) is 7.49. The summed E-state index contributed by atoms with van der Waals surface area (Å²) in [5.74, 6) is -0.0957. The zero-order valence-corrected chi connectivity index (χ0v) is 18.4. The van der Waals surface area contributed by atoms with Crippen LogP contribution >= 0.6 is 11.8 Å². The molecule has 1 saturated heterocycles. The molecule has 0 atom stereocenters. The number of phenolic OH excluding ortho intramolecular Hbond substituents is 1. The second-order valence-electron chi connectivity index (χ2n) is 6.48. The van der Waals surface area contributed by atoms with Crippen LogP contribution in [0.1, 0.15) is 36.7 Å². The Hall–Kier alpha value is -3.26. The van der Waals surface area contributed by atoms with Gasteiger partial charge in [0.2, 0.25) is 0 Å². The molecule has 0 unspecified atom stereocenters. The van der Waals surface area contributed by atoms with Gasteiger partial charge in [-0.1, -0.05) is 6.07 Å². The highest BCUT2D eigenvalue weighted by Crippen LogP contribution is 2.35. The minimum atomic E-state index is -0.382. The minimum absolute atomic E-state index is 0.0538. The molecule has 1 heterocycles. The van der Waals surface area contributed by atoms with Crippen LogP contribution in [0.2, 0.25) is 0 Å². The fourth-order valence-electron chi connectivity index (χ4n) is 2.91. The summed E-state index contributed by atoms with van der Waals surface area (Å²) in [5.41, 5.74) is 1.82. The normalized spacial score (nSPS) is 16.2. The van der Waals surface area contributed by atoms with Crippen LogP contribution in [-0.4, -0.2) is 46.8 Å². The quantitative estimate of drug-likeness (QED) is 0.500. The molecule has 0 aliphatic carbocycles. The summed E-state index contributed by atoms with van der Waals surface area (Å²) < 4.78 is 10.4. The van der Waals surface area contributed by atoms with Crippen LogP contribution < -0.4 is 4.74 Å². The third-order valence-corrected chi connectivity index (χ3v) is 5.40. The summed E-state index contributed by atoms with van der Waals surface area (Å²) in [4.78, 5) is 31.4. The predicted molar refractivity (Wildman–Crippen MR) is 122 cm³/mol. The smallest absolute Gasteiger partial charge is 0.338 e. The number of hydrogen-bond acceptors (Lipinski definition) is 7. The molecule has 0 saturated carbocycles. The highest BCUT2D eigenvalue weighted by molar-refractivity contribution is 8.18. The maximum Gasteiger partial charge on any atom is 0.338 e. The summed E-state index contributed by atoms with van der Waals surface area (Å²) in [5, 5.41) is 10.4. The molecule has 1 fully saturated rings. The number of phenols is 1. The van der Waals surface area contributed by atoms with Crippen molar-refractivity contribution >= 4 is 40.6 Å². The number of aliphatic imine (C=N–C) groups is 1. The molecule has 1 aliphatic rings. The van der Waals surface area contributed by atoms with E-state index in [2.05, 4.69) is 4.99 Å². The number of carbonyl (C=O) groups is 2. The third kappa shape index (κ3) is 5.27. The molecule has 1 N–H and O–H groups in total. The monoisotopic (exact) mass is 440 g/mol. The van der Waals surface area contributed by atoms with Gasteiger partial charge < -0.3 is 14.6 Å². The first kappa shape index (κ1) is 22.4. The van der Waals surface area contributed by atoms with Gasteiger partial charge in [-0.25, -0.2) is 9.79 Å². The average molecular weight is 441 g/mol. The Labute approximate surface area is 185 Å². The van der Waals surface area contributed by atoms with Crippen molar-refractivity contribution in [2.75, 3.05) is 19.8 Å². The molecule has 0 spiro atoms. The van der Waals surface area contributed by atoms with E-state index in [1.165, 1.54) is 11.8 Å². The summed E-state index contributed by atoms with van der Waals surface area (Å²) in [6.45, 7) is 6.69. The Balaban J connectivity index is 1.85. The van der Waals surface area contributed by atoms with E-state index in [1.807, 2.05) is 13.8 Å². The van der Waals surface area contributed by atoms with Gasteiger partial charge in [-0.3, -0.25) is 9.69 Å². The number of likely N-dealkylation sites (N-methyl/N-ethyl adjacent to an activating group) is 1. The zero-order valence-electron chi connectivity index (χ0n) is 17.6. The van der Waals surface area contributed by atoms with Gasteiger partial charge in [0.15, 0.2) is 16.7 Å². The van der Waals surface area contributed by atoms with E-state index in [0.717, 1.165) is 5.56 Å². The molecule has 1 amide bonds. The molecular weight excluding hydrogens is 416 g/mol. The number of ether oxygens (including phenoxy) is 2. The minimum Gasteiger partial charge on any atom is -0.504 e. The van der Waals surface area contributed by atoms with Crippen molar-refractivity contribution < 1.29 is 24.2 Å². The molecule has 0 radical (unpaired) electrons. The largest absolute Gasteiger partial charge is 0.504 e. The highest BCUT2D eigenvalue weighted by Gasteiger charge is 2.32. The molecule has 3 rings (SSSR count). The van der Waals surface area contributed by atoms with Crippen LogP contribution in [0.5, 0.6) is 11.5 Å². The average Bonchev–Trinajstić information content (AvgIpc) is 3.05. The van der Waals surface area contributed by atoms with E-state index in [1.54, 1.807) is 60.4 Å². The van der Waals surface area contributed by atoms with Crippen LogP contribution in [-0.2, 0) is 9.53 Å². The van der Waals surface area contributed by atoms with Gasteiger partial charge in [-0.05, 0) is 80.6 Å². The lowest BCUT2D eigenvalue weighted by Crippen LogP contribution is -2.28. The van der Waals surface area contributed by atoms with Gasteiger partial charge in [0.1, 0.15) is 0 Å². The molecule has 31 heavy (non-hydrogen) atoms. The first-order valence-electron chi connectivity index (χ1n) is 9.99. The summed E-state index contributed by atoms with van der Waals surface area (Å²) in [7, 11) is 0. The molecule has 2 aromatic rings. The molecule has 162 valence electrons. The number of nitrogens with zero attached hydrogens (tertiary/aromatic N) is 2. The van der Waals surface area contributed by atoms with Gasteiger partial charge in [-0.15, -0.1) is 0 Å². The Morgan fingerprint density at radius 3 is 2.52 bits per heavy atom. The Bertz CT molecular complexity index is 1030. The molecule has 0 bridgehead atoms. The van der Waals surface area contributed by atoms with Crippen molar-refractivity contribution in [2.24, 2.45) is 4.99 Å². The Morgan fingerprint density at radius 2 is 1.87 bits per heavy atom. The maximum absolute atomic E-state index is 12.8. The fourth-order valence-corrected chi connectivity index (χ4v) is 3.97. The number of rotatable bonds is 7. The number of amidine groups is 1. The second kappa shape index (κ2) is 10.2. The molecule has 2 aromatic carbocycles. The summed E-state index contributed by atoms with van der Waals surface area (Å²) in [6.07, 6.45) is 1.75. The first-order valence-corrected chi connectivity index (χ1v) is 10.8. The van der Waals surface area contributed by atoms with Crippen LogP contribution in [0.15, 0.2) is 52.4 Å². The van der Waals surface area contributed by atoms with Crippen molar-refractivity contribution in [2.45, 2.75) is 20.8 Å². The topological polar surface area (TPSA) is 88.4 Å². The van der Waals surface area contributed by atoms with E-state index < -0.39 is 0 Å². The van der Waals surface area contributed by atoms with Crippen LogP contribution in [0.4, 0.5) is 5.69 Å². The number of hydrogen-bond donors (Lipinski definition) is 1. The first-order chi connectivity index (χ1) is 15.0. The SMILES string of the molecule is CCOC(=O)c1ccc(N=C2S/C(=C/c3ccc(O)c(OCC)c3)C(=O)N2CC)cc1. The third-order valence-electron chi connectivity index (χ3n) is 4.39. The van der Waals surface area contributed by atoms with Crippen LogP contribution in [0.3, 0.4) is 0 Å². The molecule has 1 aliphatic heterocycles. The number of aromatic hydroxyl groups is 1. The molecular formula is C23H24N2O5S. The van der Waals surface area contributed by atoms with E-state index in [9.17, 15) is 14.7 Å². The lowest BCUT2D eigenvalue weighted by atomic mass is 10.2. The highest BCUT2D eigenvalue weighted by atomic mass is 32.2. The Kier molecular flexibility index (Phi) is 7.36. The van der Waals surface area contributed by atoms with E-state index in [0.29, 0.717) is 46.8 Å². The van der Waals surface area contributed by atoms with Gasteiger partial charge in [-0.2, -0.15) is 0 Å². The van der Waals surface area contributed by atoms with Crippen molar-refractivity contribution in [3.8, 4) is 11.5 Å². The van der Waals surface area contributed by atoms with Gasteiger partial charge in [0.25, 0.3) is 5.91 Å². The van der Waals surface area contributed by atoms with E-state index >= 15 is 0 Å². The number of esters is 1. The van der Waals surface area contributed by atoms with Crippen molar-refractivity contribution in [3.05, 3.63) is 58.5 Å². The van der Waals surface area contributed by atoms with Crippen LogP contribution in [0, 0.1) is 0 Å². The predicted octanol–water partition coefficient (Wildman–Crippen LogP) is 4.59. The van der Waals surface area contributed by atoms with Crippen molar-refractivity contribution in [1.29, 1.82) is 0 Å². The van der Waals surface area contributed by atoms with E-state index in [4.69, 9.17) is 9.47 Å². The number of benzene rings is 2. The molecule has 8 heteroatoms. The number of amides is 1. The van der Waals surface area contributed by atoms with Crippen molar-refractivity contribution in [1.82, 2.24) is 4.90 Å². The lowest BCUT2D eigenvalue weighted by Gasteiger charge is -2.12. The van der Waals surface area contributed by atoms with Crippen LogP contribution in [0.25, 0.3) is 6.08 Å². The molecule has 7 nitrogen and oxygen atoms in total. The standard InChI is InChI=1S/C23H24N2O5S/c1-4-25-21(27)20(14-15-7-12-18(26)19(13-15)29-5-2)31-23(25)24-17-10-8-16(9-11-17)22(28)30-6-3/h7-14,26H,4-6H2,1-3H3/b20-14+,24-23?. The zero-order chi connectivity index (χ0) is 22.4. The lowest BCUT2D eigenvalue weighted by molar-refractivity contribution is -0.122. The summed E-state index contributed by atoms with van der Waals surface area (Å²) >= 11 is 1.28. The van der Waals surface area contributed by atoms with Crippen molar-refractivity contribution in [3.63, 3.8) is 0 Å². The van der Waals surface area contributed by atoms with Gasteiger partial charge >= 0.3 is 5.97 Å².